The van der Waals surface area contributed by atoms with E-state index < -0.39 is 17.5 Å². The summed E-state index contributed by atoms with van der Waals surface area (Å²) in [5.41, 5.74) is 1.98. The molecular weight excluding hydrogens is 353 g/mol. The van der Waals surface area contributed by atoms with Crippen molar-refractivity contribution in [2.24, 2.45) is 7.05 Å². The van der Waals surface area contributed by atoms with Crippen LogP contribution in [0.3, 0.4) is 0 Å². The molecule has 3 nitrogen and oxygen atoms in total. The molecule has 0 aliphatic carbocycles. The fraction of sp³-hybridized carbons (Fsp3) is 0.238. The Bertz CT molecular complexity index is 927. The fourth-order valence-corrected chi connectivity index (χ4v) is 3.00. The minimum atomic E-state index is -4.52. The highest BCUT2D eigenvalue weighted by Crippen LogP contribution is 2.32. The van der Waals surface area contributed by atoms with Gasteiger partial charge in [0.25, 0.3) is 0 Å². The Hall–Kier alpha value is -2.89. The Balaban J connectivity index is 1.59. The first kappa shape index (κ1) is 18.9. The van der Waals surface area contributed by atoms with Crippen molar-refractivity contribution >= 4 is 5.78 Å². The van der Waals surface area contributed by atoms with Crippen LogP contribution in [0.2, 0.25) is 0 Å². The summed E-state index contributed by atoms with van der Waals surface area (Å²) in [6.45, 7) is 0. The third-order valence-electron chi connectivity index (χ3n) is 4.39. The van der Waals surface area contributed by atoms with Gasteiger partial charge >= 0.3 is 6.18 Å². The van der Waals surface area contributed by atoms with Gasteiger partial charge in [0.05, 0.1) is 11.8 Å². The maximum Gasteiger partial charge on any atom is 0.417 e. The first-order valence-electron chi connectivity index (χ1n) is 8.62. The van der Waals surface area contributed by atoms with Gasteiger partial charge in [0.2, 0.25) is 0 Å². The van der Waals surface area contributed by atoms with Gasteiger partial charge in [0, 0.05) is 30.8 Å². The van der Waals surface area contributed by atoms with Crippen LogP contribution in [0, 0.1) is 0 Å². The lowest BCUT2D eigenvalue weighted by Crippen LogP contribution is -2.13. The largest absolute Gasteiger partial charge is 0.417 e. The van der Waals surface area contributed by atoms with Gasteiger partial charge < -0.3 is 0 Å². The van der Waals surface area contributed by atoms with Crippen molar-refractivity contribution in [3.05, 3.63) is 77.6 Å². The number of hydrogen-bond donors (Lipinski definition) is 0. The molecule has 0 radical (unpaired) electrons. The molecule has 2 aromatic carbocycles. The molecule has 1 heterocycles. The predicted molar refractivity (Wildman–Crippen MR) is 97.4 cm³/mol. The van der Waals surface area contributed by atoms with Gasteiger partial charge in [0.1, 0.15) is 0 Å². The molecule has 0 amide bonds. The summed E-state index contributed by atoms with van der Waals surface area (Å²) in [5.74, 6) is -0.477. The van der Waals surface area contributed by atoms with E-state index in [0.29, 0.717) is 12.8 Å². The molecule has 140 valence electrons. The molecule has 0 aliphatic heterocycles. The van der Waals surface area contributed by atoms with Crippen molar-refractivity contribution in [1.82, 2.24) is 9.78 Å². The molecule has 0 saturated carbocycles. The maximum atomic E-state index is 13.0. The molecule has 1 aromatic heterocycles. The zero-order valence-corrected chi connectivity index (χ0v) is 14.8. The van der Waals surface area contributed by atoms with Gasteiger partial charge in [-0.1, -0.05) is 42.5 Å². The average molecular weight is 372 g/mol. The van der Waals surface area contributed by atoms with E-state index in [0.717, 1.165) is 22.8 Å². The summed E-state index contributed by atoms with van der Waals surface area (Å²) in [6.07, 6.45) is 0.397. The van der Waals surface area contributed by atoms with Crippen LogP contribution in [0.4, 0.5) is 13.2 Å². The highest BCUT2D eigenvalue weighted by molar-refractivity contribution is 5.97. The topological polar surface area (TPSA) is 34.9 Å². The van der Waals surface area contributed by atoms with Gasteiger partial charge in [-0.25, -0.2) is 0 Å². The smallest absolute Gasteiger partial charge is 0.294 e. The zero-order chi connectivity index (χ0) is 19.4. The molecule has 0 unspecified atom stereocenters. The number of benzene rings is 2. The zero-order valence-electron chi connectivity index (χ0n) is 14.8. The third-order valence-corrected chi connectivity index (χ3v) is 4.39. The molecule has 0 aliphatic rings. The number of nitrogens with zero attached hydrogens (tertiary/aromatic N) is 2. The lowest BCUT2D eigenvalue weighted by atomic mass is 9.98. The van der Waals surface area contributed by atoms with E-state index in [1.165, 1.54) is 18.2 Å². The molecule has 0 bridgehead atoms. The van der Waals surface area contributed by atoms with Crippen molar-refractivity contribution in [2.45, 2.75) is 25.4 Å². The number of aromatic nitrogens is 2. The van der Waals surface area contributed by atoms with Crippen LogP contribution in [0.1, 0.15) is 34.3 Å². The summed E-state index contributed by atoms with van der Waals surface area (Å²) in [6, 6.07) is 12.8. The molecule has 0 spiro atoms. The van der Waals surface area contributed by atoms with Crippen LogP contribution >= 0.6 is 0 Å². The Labute approximate surface area is 155 Å². The normalized spacial score (nSPS) is 11.6. The molecule has 3 aromatic rings. The quantitative estimate of drug-likeness (QED) is 0.550. The number of hydrogen-bond acceptors (Lipinski definition) is 2. The molecule has 3 rings (SSSR count). The molecule has 0 fully saturated rings. The fourth-order valence-electron chi connectivity index (χ4n) is 3.00. The molecule has 0 saturated heterocycles. The summed E-state index contributed by atoms with van der Waals surface area (Å²) in [7, 11) is 1.85. The number of aryl methyl sites for hydroxylation is 2. The average Bonchev–Trinajstić information content (AvgIpc) is 3.08. The second-order valence-electron chi connectivity index (χ2n) is 6.42. The van der Waals surface area contributed by atoms with E-state index in [1.54, 1.807) is 10.9 Å². The maximum absolute atomic E-state index is 13.0. The van der Waals surface area contributed by atoms with Crippen molar-refractivity contribution < 1.29 is 18.0 Å². The Morgan fingerprint density at radius 3 is 2.37 bits per heavy atom. The summed E-state index contributed by atoms with van der Waals surface area (Å²) < 4.78 is 40.8. The van der Waals surface area contributed by atoms with Gasteiger partial charge in [0.15, 0.2) is 5.78 Å². The standard InChI is InChI=1S/C21H19F3N2O/c1-26-14-17(13-25-26)16-11-9-15(10-12-16)5-4-8-20(27)18-6-2-3-7-19(18)21(22,23)24/h2-3,6-7,9-14H,4-5,8H2,1H3. The highest BCUT2D eigenvalue weighted by atomic mass is 19.4. The van der Waals surface area contributed by atoms with E-state index in [2.05, 4.69) is 5.10 Å². The molecule has 0 N–H and O–H groups in total. The van der Waals surface area contributed by atoms with Crippen molar-refractivity contribution in [2.75, 3.05) is 0 Å². The van der Waals surface area contributed by atoms with Crippen LogP contribution in [0.25, 0.3) is 11.1 Å². The third kappa shape index (κ3) is 4.64. The van der Waals surface area contributed by atoms with Gasteiger partial charge in [-0.05, 0) is 30.0 Å². The second kappa shape index (κ2) is 7.78. The minimum Gasteiger partial charge on any atom is -0.294 e. The summed E-state index contributed by atoms with van der Waals surface area (Å²) >= 11 is 0. The Morgan fingerprint density at radius 2 is 1.74 bits per heavy atom. The highest BCUT2D eigenvalue weighted by Gasteiger charge is 2.34. The first-order valence-corrected chi connectivity index (χ1v) is 8.62. The molecular formula is C21H19F3N2O. The molecule has 0 atom stereocenters. The van der Waals surface area contributed by atoms with E-state index >= 15 is 0 Å². The number of halogens is 3. The van der Waals surface area contributed by atoms with Gasteiger partial charge in [-0.15, -0.1) is 0 Å². The van der Waals surface area contributed by atoms with E-state index in [9.17, 15) is 18.0 Å². The van der Waals surface area contributed by atoms with E-state index in [4.69, 9.17) is 0 Å². The monoisotopic (exact) mass is 372 g/mol. The van der Waals surface area contributed by atoms with Crippen molar-refractivity contribution in [3.63, 3.8) is 0 Å². The van der Waals surface area contributed by atoms with Crippen LogP contribution in [-0.4, -0.2) is 15.6 Å². The lowest BCUT2D eigenvalue weighted by molar-refractivity contribution is -0.137. The summed E-state index contributed by atoms with van der Waals surface area (Å²) in [4.78, 5) is 12.2. The van der Waals surface area contributed by atoms with Gasteiger partial charge in [-0.3, -0.25) is 9.48 Å². The number of alkyl halides is 3. The van der Waals surface area contributed by atoms with Crippen LogP contribution in [0.15, 0.2) is 60.9 Å². The first-order chi connectivity index (χ1) is 12.8. The van der Waals surface area contributed by atoms with Crippen molar-refractivity contribution in [1.29, 1.82) is 0 Å². The molecule has 27 heavy (non-hydrogen) atoms. The number of rotatable bonds is 6. The number of carbonyl (C=O) groups is 1. The van der Waals surface area contributed by atoms with E-state index in [1.807, 2.05) is 37.5 Å². The van der Waals surface area contributed by atoms with E-state index in [-0.39, 0.29) is 12.0 Å². The predicted octanol–water partition coefficient (Wildman–Crippen LogP) is 5.31. The van der Waals surface area contributed by atoms with Gasteiger partial charge in [-0.2, -0.15) is 18.3 Å². The Morgan fingerprint density at radius 1 is 1.04 bits per heavy atom. The minimum absolute atomic E-state index is 0.0808. The van der Waals surface area contributed by atoms with Crippen molar-refractivity contribution in [3.8, 4) is 11.1 Å². The summed E-state index contributed by atoms with van der Waals surface area (Å²) in [5, 5.41) is 4.14. The van der Waals surface area contributed by atoms with Crippen LogP contribution < -0.4 is 0 Å². The lowest BCUT2D eigenvalue weighted by Gasteiger charge is -2.11. The number of ketones is 1. The SMILES string of the molecule is Cn1cc(-c2ccc(CCCC(=O)c3ccccc3C(F)(F)F)cc2)cn1. The molecule has 6 heteroatoms. The Kier molecular flexibility index (Phi) is 5.44. The second-order valence-corrected chi connectivity index (χ2v) is 6.42. The number of Topliss-reactive ketones (excluding diaryl/α,β-unsaturated/α-hetero) is 1. The van der Waals surface area contributed by atoms with Crippen LogP contribution in [-0.2, 0) is 19.6 Å². The number of carbonyl (C=O) groups excluding carboxylic acids is 1. The van der Waals surface area contributed by atoms with Crippen LogP contribution in [0.5, 0.6) is 0 Å².